The number of hydrogen-bond acceptors (Lipinski definition) is 7. The van der Waals surface area contributed by atoms with E-state index in [-0.39, 0.29) is 23.5 Å². The molecule has 1 unspecified atom stereocenters. The normalized spacial score (nSPS) is 19.4. The first kappa shape index (κ1) is 22.0. The maximum Gasteiger partial charge on any atom is 0.336 e. The Morgan fingerprint density at radius 1 is 1.14 bits per heavy atom. The van der Waals surface area contributed by atoms with Crippen molar-refractivity contribution >= 4 is 43.4 Å². The first-order chi connectivity index (χ1) is 16.7. The zero-order valence-corrected chi connectivity index (χ0v) is 20.2. The molecule has 1 saturated heterocycles. The zero-order chi connectivity index (χ0) is 24.5. The highest BCUT2D eigenvalue weighted by molar-refractivity contribution is 7.91. The average Bonchev–Trinajstić information content (AvgIpc) is 3.51. The Labute approximate surface area is 201 Å². The first-order valence-corrected chi connectivity index (χ1v) is 13.5. The lowest BCUT2D eigenvalue weighted by atomic mass is 10.1. The number of hydrogen-bond donors (Lipinski definition) is 1. The molecule has 2 aliphatic rings. The van der Waals surface area contributed by atoms with Gasteiger partial charge >= 0.3 is 5.63 Å². The summed E-state index contributed by atoms with van der Waals surface area (Å²) in [5.74, 6) is 0.128. The van der Waals surface area contributed by atoms with Crippen molar-refractivity contribution in [1.29, 1.82) is 0 Å². The van der Waals surface area contributed by atoms with Crippen molar-refractivity contribution < 1.29 is 17.6 Å². The maximum atomic E-state index is 13.5. The van der Waals surface area contributed by atoms with Gasteiger partial charge in [0.1, 0.15) is 5.58 Å². The molecule has 3 aromatic heterocycles. The van der Waals surface area contributed by atoms with E-state index in [0.717, 1.165) is 29.5 Å². The van der Waals surface area contributed by atoms with Gasteiger partial charge in [0.05, 0.1) is 34.2 Å². The topological polar surface area (TPSA) is 124 Å². The van der Waals surface area contributed by atoms with Crippen LogP contribution in [-0.4, -0.2) is 40.6 Å². The quantitative estimate of drug-likeness (QED) is 0.431. The summed E-state index contributed by atoms with van der Waals surface area (Å²) < 4.78 is 31.2. The summed E-state index contributed by atoms with van der Waals surface area (Å²) in [6.07, 6.45) is 2.50. The Bertz CT molecular complexity index is 1700. The number of nitrogens with zero attached hydrogens (tertiary/aromatic N) is 3. The van der Waals surface area contributed by atoms with Crippen molar-refractivity contribution in [2.45, 2.75) is 45.1 Å². The molecule has 0 spiro atoms. The molecule has 1 aliphatic carbocycles. The smallest absolute Gasteiger partial charge is 0.336 e. The number of rotatable bonds is 4. The highest BCUT2D eigenvalue weighted by Gasteiger charge is 2.34. The van der Waals surface area contributed by atoms with Gasteiger partial charge in [0.15, 0.2) is 15.5 Å². The number of amides is 1. The van der Waals surface area contributed by atoms with Crippen LogP contribution in [-0.2, 0) is 9.84 Å². The van der Waals surface area contributed by atoms with E-state index < -0.39 is 15.5 Å². The van der Waals surface area contributed by atoms with E-state index in [0.29, 0.717) is 45.9 Å². The Kier molecular flexibility index (Phi) is 4.86. The lowest BCUT2D eigenvalue weighted by Gasteiger charge is -2.12. The number of benzene rings is 1. The van der Waals surface area contributed by atoms with Crippen LogP contribution in [0.25, 0.3) is 22.0 Å². The van der Waals surface area contributed by atoms with Gasteiger partial charge in [-0.25, -0.2) is 22.9 Å². The number of fused-ring (bicyclic) bond motifs is 2. The molecule has 0 radical (unpaired) electrons. The molecule has 1 aliphatic heterocycles. The van der Waals surface area contributed by atoms with Crippen LogP contribution in [0.4, 0.5) is 5.69 Å². The summed E-state index contributed by atoms with van der Waals surface area (Å²) in [7, 11) is -3.11. The second kappa shape index (κ2) is 7.74. The molecule has 1 aromatic carbocycles. The van der Waals surface area contributed by atoms with Crippen LogP contribution in [0.2, 0.25) is 0 Å². The van der Waals surface area contributed by atoms with Gasteiger partial charge in [0, 0.05) is 34.8 Å². The highest BCUT2D eigenvalue weighted by Crippen LogP contribution is 2.41. The molecule has 1 amide bonds. The van der Waals surface area contributed by atoms with Gasteiger partial charge in [-0.15, -0.1) is 0 Å². The van der Waals surface area contributed by atoms with E-state index in [9.17, 15) is 18.0 Å². The molecule has 35 heavy (non-hydrogen) atoms. The zero-order valence-electron chi connectivity index (χ0n) is 19.4. The van der Waals surface area contributed by atoms with Gasteiger partial charge in [-0.05, 0) is 56.9 Å². The number of nitrogens with one attached hydrogen (secondary N) is 1. The van der Waals surface area contributed by atoms with Gasteiger partial charge in [-0.2, -0.15) is 5.10 Å². The predicted molar refractivity (Wildman–Crippen MR) is 132 cm³/mol. The minimum absolute atomic E-state index is 0.0296. The largest absolute Gasteiger partial charge is 0.423 e. The summed E-state index contributed by atoms with van der Waals surface area (Å²) >= 11 is 0. The standard InChI is InChI=1S/C25H24N4O5S/c1-13-9-22(30)34-21-10-16(5-6-18(13)21)26-25(31)19-11-20(15-3-4-15)27-24-23(19)14(2)28-29(24)17-7-8-35(32,33)12-17/h5-6,9-11,15,17H,3-4,7-8,12H2,1-2H3,(H,26,31). The summed E-state index contributed by atoms with van der Waals surface area (Å²) in [5.41, 5.74) is 3.72. The van der Waals surface area contributed by atoms with Crippen LogP contribution in [0.1, 0.15) is 58.5 Å². The Hall–Kier alpha value is -3.53. The third-order valence-corrected chi connectivity index (χ3v) is 8.61. The molecule has 6 rings (SSSR count). The molecule has 2 fully saturated rings. The van der Waals surface area contributed by atoms with Gasteiger partial charge in [-0.3, -0.25) is 4.79 Å². The van der Waals surface area contributed by atoms with Crippen molar-refractivity contribution in [2.75, 3.05) is 16.8 Å². The van der Waals surface area contributed by atoms with E-state index in [2.05, 4.69) is 10.4 Å². The third-order valence-electron chi connectivity index (χ3n) is 6.86. The van der Waals surface area contributed by atoms with Gasteiger partial charge < -0.3 is 9.73 Å². The lowest BCUT2D eigenvalue weighted by molar-refractivity contribution is 0.102. The number of pyridine rings is 1. The van der Waals surface area contributed by atoms with E-state index in [1.165, 1.54) is 6.07 Å². The number of anilines is 1. The second-order valence-electron chi connectivity index (χ2n) is 9.57. The molecular weight excluding hydrogens is 468 g/mol. The fourth-order valence-corrected chi connectivity index (χ4v) is 6.62. The summed E-state index contributed by atoms with van der Waals surface area (Å²) in [6, 6.07) is 8.19. The molecule has 4 aromatic rings. The Balaban J connectivity index is 1.43. The van der Waals surface area contributed by atoms with Crippen molar-refractivity contribution in [3.05, 3.63) is 63.3 Å². The van der Waals surface area contributed by atoms with E-state index in [4.69, 9.17) is 9.40 Å². The van der Waals surface area contributed by atoms with Crippen LogP contribution in [0.3, 0.4) is 0 Å². The van der Waals surface area contributed by atoms with E-state index in [1.54, 1.807) is 16.8 Å². The fraction of sp³-hybridized carbons (Fsp3) is 0.360. The number of aryl methyl sites for hydroxylation is 2. The number of carbonyl (C=O) groups excluding carboxylic acids is 1. The van der Waals surface area contributed by atoms with Crippen LogP contribution >= 0.6 is 0 Å². The summed E-state index contributed by atoms with van der Waals surface area (Å²) in [5, 5.41) is 8.98. The first-order valence-electron chi connectivity index (χ1n) is 11.6. The van der Waals surface area contributed by atoms with Crippen LogP contribution in [0.15, 0.2) is 39.5 Å². The average molecular weight is 493 g/mol. The minimum Gasteiger partial charge on any atom is -0.423 e. The molecule has 180 valence electrons. The number of carbonyl (C=O) groups is 1. The Morgan fingerprint density at radius 2 is 1.94 bits per heavy atom. The molecule has 10 heteroatoms. The van der Waals surface area contributed by atoms with Crippen molar-refractivity contribution in [3.8, 4) is 0 Å². The lowest BCUT2D eigenvalue weighted by Crippen LogP contribution is -2.15. The number of aromatic nitrogens is 3. The van der Waals surface area contributed by atoms with Crippen LogP contribution in [0, 0.1) is 13.8 Å². The SMILES string of the molecule is Cc1cc(=O)oc2cc(NC(=O)c3cc(C4CC4)nc4c3c(C)nn4C3CCS(=O)(=O)C3)ccc12. The van der Waals surface area contributed by atoms with Crippen LogP contribution in [0.5, 0.6) is 0 Å². The van der Waals surface area contributed by atoms with Gasteiger partial charge in [-0.1, -0.05) is 0 Å². The number of sulfone groups is 1. The molecule has 1 atom stereocenters. The molecule has 4 heterocycles. The molecule has 9 nitrogen and oxygen atoms in total. The molecule has 1 saturated carbocycles. The van der Waals surface area contributed by atoms with Crippen LogP contribution < -0.4 is 10.9 Å². The van der Waals surface area contributed by atoms with Crippen molar-refractivity contribution in [3.63, 3.8) is 0 Å². The van der Waals surface area contributed by atoms with E-state index >= 15 is 0 Å². The molecule has 1 N–H and O–H groups in total. The monoisotopic (exact) mass is 492 g/mol. The Morgan fingerprint density at radius 3 is 2.66 bits per heavy atom. The molecular formula is C25H24N4O5S. The highest BCUT2D eigenvalue weighted by atomic mass is 32.2. The summed E-state index contributed by atoms with van der Waals surface area (Å²) in [6.45, 7) is 3.64. The third kappa shape index (κ3) is 3.91. The predicted octanol–water partition coefficient (Wildman–Crippen LogP) is 3.64. The maximum absolute atomic E-state index is 13.5. The van der Waals surface area contributed by atoms with Crippen molar-refractivity contribution in [2.24, 2.45) is 0 Å². The second-order valence-corrected chi connectivity index (χ2v) is 11.8. The van der Waals surface area contributed by atoms with Gasteiger partial charge in [0.2, 0.25) is 0 Å². The van der Waals surface area contributed by atoms with Gasteiger partial charge in [0.25, 0.3) is 5.91 Å². The van der Waals surface area contributed by atoms with Crippen molar-refractivity contribution in [1.82, 2.24) is 14.8 Å². The molecule has 0 bridgehead atoms. The minimum atomic E-state index is -3.11. The fourth-order valence-electron chi connectivity index (χ4n) is 4.92. The van der Waals surface area contributed by atoms with E-state index in [1.807, 2.05) is 26.0 Å². The summed E-state index contributed by atoms with van der Waals surface area (Å²) in [4.78, 5) is 30.1.